The number of benzene rings is 1. The maximum Gasteiger partial charge on any atom is 0.305 e. The van der Waals surface area contributed by atoms with Crippen molar-refractivity contribution in [3.05, 3.63) is 36.0 Å². The third-order valence-electron chi connectivity index (χ3n) is 4.62. The molecule has 2 aromatic rings. The molecule has 0 atom stereocenters. The maximum atomic E-state index is 12.8. The molecule has 6 nitrogen and oxygen atoms in total. The molecule has 0 spiro atoms. The molecular weight excluding hydrogens is 306 g/mol. The molecule has 1 saturated heterocycles. The highest BCUT2D eigenvalue weighted by Gasteiger charge is 2.20. The Balaban J connectivity index is 1.80. The van der Waals surface area contributed by atoms with Gasteiger partial charge in [0.1, 0.15) is 0 Å². The number of aliphatic carboxylic acids is 1. The van der Waals surface area contributed by atoms with Crippen LogP contribution in [0.15, 0.2) is 30.5 Å². The molecule has 0 aliphatic carbocycles. The van der Waals surface area contributed by atoms with Gasteiger partial charge in [0.05, 0.1) is 13.0 Å². The first-order chi connectivity index (χ1) is 11.5. The molecule has 2 heterocycles. The zero-order valence-electron chi connectivity index (χ0n) is 13.9. The van der Waals surface area contributed by atoms with Crippen LogP contribution in [0.25, 0.3) is 10.9 Å². The van der Waals surface area contributed by atoms with E-state index in [-0.39, 0.29) is 12.2 Å². The van der Waals surface area contributed by atoms with Crippen molar-refractivity contribution in [2.45, 2.75) is 13.0 Å². The Morgan fingerprint density at radius 2 is 1.83 bits per heavy atom. The van der Waals surface area contributed by atoms with Gasteiger partial charge in [-0.05, 0) is 13.1 Å². The Kier molecular flexibility index (Phi) is 4.97. The summed E-state index contributed by atoms with van der Waals surface area (Å²) < 4.78 is 1.88. The lowest BCUT2D eigenvalue weighted by molar-refractivity contribution is -0.137. The van der Waals surface area contributed by atoms with Crippen LogP contribution in [-0.4, -0.2) is 71.0 Å². The lowest BCUT2D eigenvalue weighted by Crippen LogP contribution is -2.46. The number of likely N-dealkylation sites (N-methyl/N-ethyl adjacent to an activating group) is 1. The molecule has 24 heavy (non-hydrogen) atoms. The summed E-state index contributed by atoms with van der Waals surface area (Å²) in [6.07, 6.45) is 1.86. The third-order valence-corrected chi connectivity index (χ3v) is 4.62. The number of carbonyl (C=O) groups is 2. The second-order valence-corrected chi connectivity index (χ2v) is 6.40. The number of ketones is 1. The molecule has 1 fully saturated rings. The van der Waals surface area contributed by atoms with E-state index in [1.165, 1.54) is 0 Å². The molecule has 0 radical (unpaired) electrons. The normalized spacial score (nSPS) is 16.5. The molecule has 0 bridgehead atoms. The second kappa shape index (κ2) is 7.15. The summed E-state index contributed by atoms with van der Waals surface area (Å²) in [6.45, 7) is 4.56. The summed E-state index contributed by atoms with van der Waals surface area (Å²) in [5.74, 6) is -0.733. The van der Waals surface area contributed by atoms with Crippen LogP contribution in [0.1, 0.15) is 16.8 Å². The predicted octanol–water partition coefficient (Wildman–Crippen LogP) is 1.55. The zero-order chi connectivity index (χ0) is 17.1. The first-order valence-corrected chi connectivity index (χ1v) is 8.28. The fraction of sp³-hybridized carbons (Fsp3) is 0.444. The number of Topliss-reactive ketones (excluding diaryl/α,β-unsaturated/α-hetero) is 1. The van der Waals surface area contributed by atoms with Crippen LogP contribution < -0.4 is 0 Å². The fourth-order valence-electron chi connectivity index (χ4n) is 3.16. The van der Waals surface area contributed by atoms with E-state index in [0.717, 1.165) is 37.1 Å². The largest absolute Gasteiger partial charge is 0.481 e. The average molecular weight is 329 g/mol. The number of hydrogen-bond acceptors (Lipinski definition) is 4. The highest BCUT2D eigenvalue weighted by atomic mass is 16.4. The van der Waals surface area contributed by atoms with Gasteiger partial charge < -0.3 is 14.6 Å². The highest BCUT2D eigenvalue weighted by molar-refractivity contribution is 6.09. The second-order valence-electron chi connectivity index (χ2n) is 6.40. The van der Waals surface area contributed by atoms with Crippen molar-refractivity contribution in [2.75, 3.05) is 39.8 Å². The number of carboxylic acid groups (broad SMARTS) is 1. The molecule has 1 aromatic heterocycles. The number of nitrogens with zero attached hydrogens (tertiary/aromatic N) is 3. The number of piperazine rings is 1. The summed E-state index contributed by atoms with van der Waals surface area (Å²) >= 11 is 0. The van der Waals surface area contributed by atoms with Crippen molar-refractivity contribution in [2.24, 2.45) is 0 Å². The Morgan fingerprint density at radius 3 is 2.54 bits per heavy atom. The molecule has 1 aromatic carbocycles. The highest BCUT2D eigenvalue weighted by Crippen LogP contribution is 2.22. The zero-order valence-corrected chi connectivity index (χ0v) is 13.9. The van der Waals surface area contributed by atoms with Gasteiger partial charge in [-0.3, -0.25) is 14.5 Å². The Morgan fingerprint density at radius 1 is 1.12 bits per heavy atom. The number of carbonyl (C=O) groups excluding carboxylic acids is 1. The predicted molar refractivity (Wildman–Crippen MR) is 92.5 cm³/mol. The molecule has 1 aliphatic rings. The molecular formula is C18H23N3O3. The molecule has 1 N–H and O–H groups in total. The van der Waals surface area contributed by atoms with Gasteiger partial charge in [-0.15, -0.1) is 0 Å². The Bertz CT molecular complexity index is 745. The smallest absolute Gasteiger partial charge is 0.305 e. The Labute approximate surface area is 141 Å². The summed E-state index contributed by atoms with van der Waals surface area (Å²) in [6, 6.07) is 7.69. The van der Waals surface area contributed by atoms with Gasteiger partial charge >= 0.3 is 5.97 Å². The van der Waals surface area contributed by atoms with Crippen molar-refractivity contribution in [3.8, 4) is 0 Å². The fourth-order valence-corrected chi connectivity index (χ4v) is 3.16. The minimum Gasteiger partial charge on any atom is -0.481 e. The first-order valence-electron chi connectivity index (χ1n) is 8.28. The summed E-state index contributed by atoms with van der Waals surface area (Å²) in [7, 11) is 2.09. The number of aryl methyl sites for hydroxylation is 1. The van der Waals surface area contributed by atoms with Crippen LogP contribution in [-0.2, 0) is 11.3 Å². The van der Waals surface area contributed by atoms with Crippen molar-refractivity contribution < 1.29 is 14.7 Å². The Hall–Kier alpha value is -2.18. The summed E-state index contributed by atoms with van der Waals surface area (Å²) in [5.41, 5.74) is 1.61. The van der Waals surface area contributed by atoms with Gasteiger partial charge in [-0.2, -0.15) is 0 Å². The van der Waals surface area contributed by atoms with Gasteiger partial charge in [-0.25, -0.2) is 0 Å². The number of fused-ring (bicyclic) bond motifs is 1. The maximum absolute atomic E-state index is 12.8. The van der Waals surface area contributed by atoms with Gasteiger partial charge in [0.25, 0.3) is 0 Å². The van der Waals surface area contributed by atoms with Crippen molar-refractivity contribution in [3.63, 3.8) is 0 Å². The minimum absolute atomic E-state index is 0.0464. The van der Waals surface area contributed by atoms with E-state index >= 15 is 0 Å². The topological polar surface area (TPSA) is 65.8 Å². The van der Waals surface area contributed by atoms with Crippen LogP contribution in [0.4, 0.5) is 0 Å². The molecule has 3 rings (SSSR count). The standard InChI is InChI=1S/C18H23N3O3/c1-19-8-10-20(11-9-19)13-17(22)15-12-21(7-6-18(23)24)16-5-3-2-4-14(15)16/h2-5,12H,6-11,13H2,1H3,(H,23,24). The van der Waals surface area contributed by atoms with Crippen LogP contribution in [0.5, 0.6) is 0 Å². The monoisotopic (exact) mass is 329 g/mol. The van der Waals surface area contributed by atoms with Crippen molar-refractivity contribution in [1.82, 2.24) is 14.4 Å². The number of para-hydroxylation sites is 1. The summed E-state index contributed by atoms with van der Waals surface area (Å²) in [4.78, 5) is 28.1. The number of carboxylic acids is 1. The van der Waals surface area contributed by atoms with E-state index < -0.39 is 5.97 Å². The van der Waals surface area contributed by atoms with Crippen LogP contribution in [0.3, 0.4) is 0 Å². The minimum atomic E-state index is -0.835. The van der Waals surface area contributed by atoms with E-state index in [9.17, 15) is 9.59 Å². The third kappa shape index (κ3) is 3.66. The van der Waals surface area contributed by atoms with Gasteiger partial charge in [0.15, 0.2) is 5.78 Å². The molecule has 0 unspecified atom stereocenters. The molecule has 0 amide bonds. The molecule has 1 aliphatic heterocycles. The van der Waals surface area contributed by atoms with E-state index in [4.69, 9.17) is 5.11 Å². The lowest BCUT2D eigenvalue weighted by Gasteiger charge is -2.31. The van der Waals surface area contributed by atoms with Gasteiger partial charge in [-0.1, -0.05) is 18.2 Å². The molecule has 128 valence electrons. The van der Waals surface area contributed by atoms with Crippen LogP contribution >= 0.6 is 0 Å². The summed E-state index contributed by atoms with van der Waals surface area (Å²) in [5, 5.41) is 9.81. The quantitative estimate of drug-likeness (QED) is 0.815. The van der Waals surface area contributed by atoms with E-state index in [2.05, 4.69) is 16.8 Å². The van der Waals surface area contributed by atoms with Crippen LogP contribution in [0.2, 0.25) is 0 Å². The molecule has 0 saturated carbocycles. The van der Waals surface area contributed by atoms with Gasteiger partial charge in [0, 0.05) is 55.4 Å². The molecule has 6 heteroatoms. The van der Waals surface area contributed by atoms with Gasteiger partial charge in [0.2, 0.25) is 0 Å². The van der Waals surface area contributed by atoms with Crippen molar-refractivity contribution in [1.29, 1.82) is 0 Å². The van der Waals surface area contributed by atoms with Crippen LogP contribution in [0, 0.1) is 0 Å². The van der Waals surface area contributed by atoms with E-state index in [1.54, 1.807) is 0 Å². The SMILES string of the molecule is CN1CCN(CC(=O)c2cn(CCC(=O)O)c3ccccc23)CC1. The number of aromatic nitrogens is 1. The average Bonchev–Trinajstić information content (AvgIpc) is 2.94. The van der Waals surface area contributed by atoms with Crippen molar-refractivity contribution >= 4 is 22.7 Å². The lowest BCUT2D eigenvalue weighted by atomic mass is 10.1. The number of rotatable bonds is 6. The van der Waals surface area contributed by atoms with E-state index in [0.29, 0.717) is 18.7 Å². The van der Waals surface area contributed by atoms with E-state index in [1.807, 2.05) is 35.0 Å². The number of hydrogen-bond donors (Lipinski definition) is 1. The first kappa shape index (κ1) is 16.7.